The molecule has 0 aromatic heterocycles. The first-order valence-electron chi connectivity index (χ1n) is 9.58. The molecule has 0 heterocycles. The maximum atomic E-state index is 12.4. The van der Waals surface area contributed by atoms with Crippen LogP contribution < -0.4 is 0 Å². The number of carbonyl (C=O) groups excluding carboxylic acids is 3. The van der Waals surface area contributed by atoms with Gasteiger partial charge in [0, 0.05) is 25.2 Å². The molecule has 1 aliphatic carbocycles. The summed E-state index contributed by atoms with van der Waals surface area (Å²) in [6, 6.07) is 0. The zero-order valence-electron chi connectivity index (χ0n) is 15.8. The highest BCUT2D eigenvalue weighted by Crippen LogP contribution is 2.41. The van der Waals surface area contributed by atoms with Gasteiger partial charge in [-0.25, -0.2) is 0 Å². The molecule has 138 valence electrons. The van der Waals surface area contributed by atoms with Gasteiger partial charge >= 0.3 is 5.97 Å². The quantitative estimate of drug-likeness (QED) is 0.415. The molecule has 2 unspecified atom stereocenters. The van der Waals surface area contributed by atoms with E-state index in [2.05, 4.69) is 6.92 Å². The molecule has 1 saturated carbocycles. The number of hydrogen-bond donors (Lipinski definition) is 0. The molecule has 4 atom stereocenters. The summed E-state index contributed by atoms with van der Waals surface area (Å²) < 4.78 is 4.98. The molecular weight excluding hydrogens is 304 g/mol. The first-order chi connectivity index (χ1) is 11.5. The predicted octanol–water partition coefficient (Wildman–Crippen LogP) is 4.35. The Morgan fingerprint density at radius 1 is 1.21 bits per heavy atom. The van der Waals surface area contributed by atoms with Crippen LogP contribution in [0.3, 0.4) is 0 Å². The fraction of sp³-hybridized carbons (Fsp3) is 0.850. The molecule has 0 N–H and O–H groups in total. The highest BCUT2D eigenvalue weighted by atomic mass is 16.5. The number of ketones is 2. The Bertz CT molecular complexity index is 429. The van der Waals surface area contributed by atoms with Crippen LogP contribution in [-0.2, 0) is 19.1 Å². The maximum Gasteiger partial charge on any atom is 0.309 e. The smallest absolute Gasteiger partial charge is 0.309 e. The normalized spacial score (nSPS) is 23.1. The van der Waals surface area contributed by atoms with Crippen LogP contribution in [0.4, 0.5) is 0 Å². The van der Waals surface area contributed by atoms with E-state index in [9.17, 15) is 14.4 Å². The SMILES string of the molecule is CCCCCC(=O)CC[C@H]1CCC(=O)[C@H]1C(C(=O)OC)C(C)CC. The van der Waals surface area contributed by atoms with E-state index in [0.717, 1.165) is 38.5 Å². The molecule has 0 aromatic carbocycles. The molecule has 4 nitrogen and oxygen atoms in total. The van der Waals surface area contributed by atoms with E-state index < -0.39 is 0 Å². The van der Waals surface area contributed by atoms with Gasteiger partial charge < -0.3 is 4.74 Å². The van der Waals surface area contributed by atoms with Gasteiger partial charge in [0.25, 0.3) is 0 Å². The lowest BCUT2D eigenvalue weighted by molar-refractivity contribution is -0.152. The van der Waals surface area contributed by atoms with E-state index >= 15 is 0 Å². The van der Waals surface area contributed by atoms with E-state index in [0.29, 0.717) is 25.0 Å². The maximum absolute atomic E-state index is 12.4. The zero-order valence-corrected chi connectivity index (χ0v) is 15.8. The van der Waals surface area contributed by atoms with Gasteiger partial charge in [0.1, 0.15) is 11.6 Å². The minimum absolute atomic E-state index is 0.118. The number of unbranched alkanes of at least 4 members (excludes halogenated alkanes) is 2. The van der Waals surface area contributed by atoms with Crippen molar-refractivity contribution in [1.82, 2.24) is 0 Å². The third-order valence-corrected chi connectivity index (χ3v) is 5.61. The number of esters is 1. The Balaban J connectivity index is 2.70. The van der Waals surface area contributed by atoms with Crippen LogP contribution in [0.1, 0.15) is 78.6 Å². The minimum atomic E-state index is -0.366. The van der Waals surface area contributed by atoms with Crippen molar-refractivity contribution in [2.24, 2.45) is 23.7 Å². The summed E-state index contributed by atoms with van der Waals surface area (Å²) in [5.74, 6) is -0.179. The van der Waals surface area contributed by atoms with Crippen LogP contribution in [0.15, 0.2) is 0 Å². The van der Waals surface area contributed by atoms with Crippen molar-refractivity contribution in [2.75, 3.05) is 7.11 Å². The fourth-order valence-electron chi connectivity index (χ4n) is 3.92. The molecule has 0 bridgehead atoms. The number of carbonyl (C=O) groups is 3. The Hall–Kier alpha value is -1.19. The van der Waals surface area contributed by atoms with Crippen molar-refractivity contribution >= 4 is 17.5 Å². The highest BCUT2D eigenvalue weighted by Gasteiger charge is 2.45. The summed E-state index contributed by atoms with van der Waals surface area (Å²) in [6.07, 6.45) is 7.24. The largest absolute Gasteiger partial charge is 0.469 e. The van der Waals surface area contributed by atoms with Crippen LogP contribution in [-0.4, -0.2) is 24.6 Å². The fourth-order valence-corrected chi connectivity index (χ4v) is 3.92. The van der Waals surface area contributed by atoms with Gasteiger partial charge in [-0.05, 0) is 31.1 Å². The molecule has 0 aromatic rings. The van der Waals surface area contributed by atoms with E-state index in [4.69, 9.17) is 4.74 Å². The minimum Gasteiger partial charge on any atom is -0.469 e. The van der Waals surface area contributed by atoms with Crippen LogP contribution in [0.5, 0.6) is 0 Å². The second kappa shape index (κ2) is 10.6. The van der Waals surface area contributed by atoms with Crippen molar-refractivity contribution in [2.45, 2.75) is 78.6 Å². The van der Waals surface area contributed by atoms with Crippen molar-refractivity contribution in [1.29, 1.82) is 0 Å². The lowest BCUT2D eigenvalue weighted by Crippen LogP contribution is -2.36. The van der Waals surface area contributed by atoms with Gasteiger partial charge in [-0.1, -0.05) is 40.0 Å². The van der Waals surface area contributed by atoms with Crippen molar-refractivity contribution in [3.63, 3.8) is 0 Å². The van der Waals surface area contributed by atoms with Crippen molar-refractivity contribution in [3.05, 3.63) is 0 Å². The molecule has 0 amide bonds. The van der Waals surface area contributed by atoms with Crippen LogP contribution in [0, 0.1) is 23.7 Å². The van der Waals surface area contributed by atoms with Gasteiger partial charge in [0.15, 0.2) is 0 Å². The summed E-state index contributed by atoms with van der Waals surface area (Å²) >= 11 is 0. The number of methoxy groups -OCH3 is 1. The Morgan fingerprint density at radius 2 is 1.92 bits per heavy atom. The first kappa shape index (κ1) is 20.9. The number of rotatable bonds is 11. The lowest BCUT2D eigenvalue weighted by atomic mass is 9.74. The summed E-state index contributed by atoms with van der Waals surface area (Å²) in [5.41, 5.74) is 0. The predicted molar refractivity (Wildman–Crippen MR) is 94.6 cm³/mol. The first-order valence-corrected chi connectivity index (χ1v) is 9.58. The molecule has 1 rings (SSSR count). The highest BCUT2D eigenvalue weighted by molar-refractivity contribution is 5.89. The standard InChI is InChI=1S/C20H34O4/c1-5-7-8-9-16(21)12-10-15-11-13-17(22)19(15)18(14(3)6-2)20(23)24-4/h14-15,18-19H,5-13H2,1-4H3/t14?,15-,18?,19-/m0/s1. The second-order valence-corrected chi connectivity index (χ2v) is 7.26. The number of ether oxygens (including phenoxy) is 1. The van der Waals surface area contributed by atoms with Crippen molar-refractivity contribution in [3.8, 4) is 0 Å². The average molecular weight is 338 g/mol. The van der Waals surface area contributed by atoms with Crippen molar-refractivity contribution < 1.29 is 19.1 Å². The number of hydrogen-bond acceptors (Lipinski definition) is 4. The molecule has 0 spiro atoms. The van der Waals surface area contributed by atoms with E-state index in [1.807, 2.05) is 13.8 Å². The monoisotopic (exact) mass is 338 g/mol. The third kappa shape index (κ3) is 5.71. The van der Waals surface area contributed by atoms with Crippen LogP contribution in [0.25, 0.3) is 0 Å². The van der Waals surface area contributed by atoms with E-state index in [1.165, 1.54) is 7.11 Å². The Kier molecular flexibility index (Phi) is 9.24. The Labute approximate surface area is 146 Å². The molecule has 0 aliphatic heterocycles. The summed E-state index contributed by atoms with van der Waals surface area (Å²) in [5, 5.41) is 0. The lowest BCUT2D eigenvalue weighted by Gasteiger charge is -2.29. The average Bonchev–Trinajstić information content (AvgIpc) is 2.93. The molecule has 0 radical (unpaired) electrons. The van der Waals surface area contributed by atoms with Gasteiger partial charge in [-0.2, -0.15) is 0 Å². The van der Waals surface area contributed by atoms with Gasteiger partial charge in [0.2, 0.25) is 0 Å². The Morgan fingerprint density at radius 3 is 2.50 bits per heavy atom. The molecule has 1 fully saturated rings. The topological polar surface area (TPSA) is 60.4 Å². The van der Waals surface area contributed by atoms with E-state index in [-0.39, 0.29) is 35.4 Å². The third-order valence-electron chi connectivity index (χ3n) is 5.61. The van der Waals surface area contributed by atoms with E-state index in [1.54, 1.807) is 0 Å². The summed E-state index contributed by atoms with van der Waals surface area (Å²) in [7, 11) is 1.39. The number of Topliss-reactive ketones (excluding diaryl/α,β-unsaturated/α-hetero) is 2. The summed E-state index contributed by atoms with van der Waals surface area (Å²) in [4.78, 5) is 36.7. The van der Waals surface area contributed by atoms with Gasteiger partial charge in [-0.3, -0.25) is 14.4 Å². The van der Waals surface area contributed by atoms with Crippen LogP contribution >= 0.6 is 0 Å². The molecule has 0 saturated heterocycles. The molecular formula is C20H34O4. The molecule has 1 aliphatic rings. The van der Waals surface area contributed by atoms with Gasteiger partial charge in [0.05, 0.1) is 13.0 Å². The molecule has 4 heteroatoms. The zero-order chi connectivity index (χ0) is 18.1. The van der Waals surface area contributed by atoms with Crippen LogP contribution in [0.2, 0.25) is 0 Å². The summed E-state index contributed by atoms with van der Waals surface area (Å²) in [6.45, 7) is 6.17. The van der Waals surface area contributed by atoms with Gasteiger partial charge in [-0.15, -0.1) is 0 Å². The molecule has 24 heavy (non-hydrogen) atoms. The second-order valence-electron chi connectivity index (χ2n) is 7.26.